The van der Waals surface area contributed by atoms with Gasteiger partial charge in [-0.1, -0.05) is 20.4 Å². The summed E-state index contributed by atoms with van der Waals surface area (Å²) in [5.41, 5.74) is 8.29. The fraction of sp³-hybridized carbons (Fsp3) is 0.500. The summed E-state index contributed by atoms with van der Waals surface area (Å²) in [6, 6.07) is 4.36. The zero-order valence-electron chi connectivity index (χ0n) is 17.2. The number of rotatable bonds is 9. The van der Waals surface area contributed by atoms with E-state index in [1.807, 2.05) is 18.5 Å². The second-order valence-electron chi connectivity index (χ2n) is 7.12. The van der Waals surface area contributed by atoms with E-state index < -0.39 is 5.82 Å². The molecule has 158 valence electrons. The summed E-state index contributed by atoms with van der Waals surface area (Å²) in [5.74, 6) is 0.624. The van der Waals surface area contributed by atoms with E-state index in [4.69, 9.17) is 25.0 Å². The number of nitrogens with zero attached hydrogens (tertiary/aromatic N) is 2. The van der Waals surface area contributed by atoms with Gasteiger partial charge in [0.2, 0.25) is 0 Å². The Morgan fingerprint density at radius 3 is 2.79 bits per heavy atom. The van der Waals surface area contributed by atoms with Crippen LogP contribution in [-0.4, -0.2) is 29.3 Å². The number of aryl methyl sites for hydroxylation is 1. The van der Waals surface area contributed by atoms with E-state index in [0.717, 1.165) is 43.7 Å². The molecule has 1 unspecified atom stereocenters. The monoisotopic (exact) mass is 403 g/mol. The molecule has 3 rings (SSSR count). The third-order valence-corrected chi connectivity index (χ3v) is 4.95. The number of hydrogen-bond acceptors (Lipinski definition) is 5. The van der Waals surface area contributed by atoms with Crippen LogP contribution in [0.1, 0.15) is 50.1 Å². The van der Waals surface area contributed by atoms with Gasteiger partial charge in [-0.3, -0.25) is 4.68 Å². The molecule has 1 atom stereocenters. The Bertz CT molecular complexity index is 844. The Hall–Kier alpha value is -2.38. The minimum absolute atomic E-state index is 0.124. The molecule has 1 aliphatic rings. The SMILES string of the molecule is C=C(N)c1cc(F)cc(Oc2c(CC)nn(CCOC3CCCCO3)c2CC)c1. The zero-order valence-corrected chi connectivity index (χ0v) is 17.2. The molecule has 6 nitrogen and oxygen atoms in total. The van der Waals surface area contributed by atoms with Crippen molar-refractivity contribution in [2.45, 2.75) is 58.8 Å². The molecular formula is C22H30FN3O3. The lowest BCUT2D eigenvalue weighted by Crippen LogP contribution is -2.24. The Labute approximate surface area is 171 Å². The highest BCUT2D eigenvalue weighted by Crippen LogP contribution is 2.32. The van der Waals surface area contributed by atoms with E-state index >= 15 is 0 Å². The van der Waals surface area contributed by atoms with Gasteiger partial charge in [0.15, 0.2) is 12.0 Å². The molecule has 2 aromatic rings. The van der Waals surface area contributed by atoms with Gasteiger partial charge in [-0.15, -0.1) is 0 Å². The largest absolute Gasteiger partial charge is 0.453 e. The predicted octanol–water partition coefficient (Wildman–Crippen LogP) is 4.41. The Kier molecular flexibility index (Phi) is 7.28. The van der Waals surface area contributed by atoms with Crippen LogP contribution in [0.2, 0.25) is 0 Å². The van der Waals surface area contributed by atoms with Crippen LogP contribution in [0.3, 0.4) is 0 Å². The fourth-order valence-electron chi connectivity index (χ4n) is 3.45. The van der Waals surface area contributed by atoms with Crippen LogP contribution >= 0.6 is 0 Å². The van der Waals surface area contributed by atoms with E-state index in [-0.39, 0.29) is 6.29 Å². The number of ether oxygens (including phenoxy) is 3. The third-order valence-electron chi connectivity index (χ3n) is 4.95. The van der Waals surface area contributed by atoms with Crippen molar-refractivity contribution in [2.24, 2.45) is 5.73 Å². The summed E-state index contributed by atoms with van der Waals surface area (Å²) >= 11 is 0. The highest BCUT2D eigenvalue weighted by Gasteiger charge is 2.19. The molecule has 7 heteroatoms. The number of nitrogens with two attached hydrogens (primary N) is 1. The molecule has 0 aliphatic carbocycles. The summed E-state index contributed by atoms with van der Waals surface area (Å²) in [6.45, 7) is 9.61. The predicted molar refractivity (Wildman–Crippen MR) is 110 cm³/mol. The molecular weight excluding hydrogens is 373 g/mol. The first-order valence-corrected chi connectivity index (χ1v) is 10.3. The molecule has 1 aliphatic heterocycles. The summed E-state index contributed by atoms with van der Waals surface area (Å²) in [6.07, 6.45) is 4.47. The maximum Gasteiger partial charge on any atom is 0.171 e. The second kappa shape index (κ2) is 9.89. The van der Waals surface area contributed by atoms with Crippen molar-refractivity contribution < 1.29 is 18.6 Å². The van der Waals surface area contributed by atoms with Crippen LogP contribution in [0.5, 0.6) is 11.5 Å². The van der Waals surface area contributed by atoms with E-state index in [1.165, 1.54) is 12.1 Å². The average molecular weight is 403 g/mol. The van der Waals surface area contributed by atoms with Crippen LogP contribution in [0, 0.1) is 5.82 Å². The first-order valence-electron chi connectivity index (χ1n) is 10.3. The normalized spacial score (nSPS) is 16.7. The lowest BCUT2D eigenvalue weighted by atomic mass is 10.1. The maximum absolute atomic E-state index is 14.0. The van der Waals surface area contributed by atoms with E-state index in [1.54, 1.807) is 6.07 Å². The van der Waals surface area contributed by atoms with Gasteiger partial charge >= 0.3 is 0 Å². The standard InChI is InChI=1S/C22H30FN3O3/c1-4-19-22(29-18-13-16(15(3)24)12-17(23)14-18)20(5-2)26(25-19)9-11-28-21-8-6-7-10-27-21/h12-14,21H,3-11,24H2,1-2H3. The molecule has 0 bridgehead atoms. The van der Waals surface area contributed by atoms with E-state index in [2.05, 4.69) is 6.58 Å². The highest BCUT2D eigenvalue weighted by atomic mass is 19.1. The molecule has 1 aromatic heterocycles. The number of benzene rings is 1. The van der Waals surface area contributed by atoms with Crippen molar-refractivity contribution in [2.75, 3.05) is 13.2 Å². The third kappa shape index (κ3) is 5.36. The quantitative estimate of drug-likeness (QED) is 0.671. The fourth-order valence-corrected chi connectivity index (χ4v) is 3.45. The van der Waals surface area contributed by atoms with Gasteiger partial charge in [0.05, 0.1) is 18.8 Å². The first-order chi connectivity index (χ1) is 14.0. The molecule has 2 heterocycles. The van der Waals surface area contributed by atoms with Crippen molar-refractivity contribution in [3.8, 4) is 11.5 Å². The van der Waals surface area contributed by atoms with Crippen molar-refractivity contribution in [1.29, 1.82) is 0 Å². The van der Waals surface area contributed by atoms with Crippen LogP contribution in [0.15, 0.2) is 24.8 Å². The van der Waals surface area contributed by atoms with Gasteiger partial charge in [-0.05, 0) is 44.2 Å². The van der Waals surface area contributed by atoms with Crippen molar-refractivity contribution >= 4 is 5.70 Å². The summed E-state index contributed by atoms with van der Waals surface area (Å²) in [4.78, 5) is 0. The summed E-state index contributed by atoms with van der Waals surface area (Å²) in [5, 5.41) is 4.69. The van der Waals surface area contributed by atoms with Crippen LogP contribution in [-0.2, 0) is 28.9 Å². The van der Waals surface area contributed by atoms with Crippen molar-refractivity contribution in [3.05, 3.63) is 47.5 Å². The van der Waals surface area contributed by atoms with Crippen LogP contribution in [0.25, 0.3) is 5.70 Å². The molecule has 29 heavy (non-hydrogen) atoms. The van der Waals surface area contributed by atoms with Crippen molar-refractivity contribution in [1.82, 2.24) is 9.78 Å². The van der Waals surface area contributed by atoms with Gasteiger partial charge in [0.1, 0.15) is 17.3 Å². The summed E-state index contributed by atoms with van der Waals surface area (Å²) in [7, 11) is 0. The number of aromatic nitrogens is 2. The molecule has 1 saturated heterocycles. The Balaban J connectivity index is 1.77. The van der Waals surface area contributed by atoms with Crippen LogP contribution in [0.4, 0.5) is 4.39 Å². The lowest BCUT2D eigenvalue weighted by Gasteiger charge is -2.22. The minimum atomic E-state index is -0.423. The van der Waals surface area contributed by atoms with Crippen molar-refractivity contribution in [3.63, 3.8) is 0 Å². The average Bonchev–Trinajstić information content (AvgIpc) is 3.04. The molecule has 0 saturated carbocycles. The molecule has 0 amide bonds. The zero-order chi connectivity index (χ0) is 20.8. The summed E-state index contributed by atoms with van der Waals surface area (Å²) < 4.78 is 33.4. The first kappa shape index (κ1) is 21.3. The van der Waals surface area contributed by atoms with E-state index in [9.17, 15) is 4.39 Å². The topological polar surface area (TPSA) is 71.5 Å². The number of hydrogen-bond donors (Lipinski definition) is 1. The Morgan fingerprint density at radius 2 is 2.14 bits per heavy atom. The van der Waals surface area contributed by atoms with E-state index in [0.29, 0.717) is 42.3 Å². The van der Waals surface area contributed by atoms with Gasteiger partial charge in [-0.25, -0.2) is 4.39 Å². The molecule has 1 aromatic carbocycles. The second-order valence-corrected chi connectivity index (χ2v) is 7.12. The molecule has 0 radical (unpaired) electrons. The van der Waals surface area contributed by atoms with Crippen LogP contribution < -0.4 is 10.5 Å². The van der Waals surface area contributed by atoms with Gasteiger partial charge in [-0.2, -0.15) is 5.10 Å². The maximum atomic E-state index is 14.0. The smallest absolute Gasteiger partial charge is 0.171 e. The Morgan fingerprint density at radius 1 is 1.31 bits per heavy atom. The molecule has 2 N–H and O–H groups in total. The van der Waals surface area contributed by atoms with Gasteiger partial charge in [0, 0.05) is 23.9 Å². The number of halogens is 1. The van der Waals surface area contributed by atoms with Gasteiger partial charge < -0.3 is 19.9 Å². The highest BCUT2D eigenvalue weighted by molar-refractivity contribution is 5.62. The minimum Gasteiger partial charge on any atom is -0.453 e. The van der Waals surface area contributed by atoms with Gasteiger partial charge in [0.25, 0.3) is 0 Å². The molecule has 1 fully saturated rings. The molecule has 0 spiro atoms. The lowest BCUT2D eigenvalue weighted by molar-refractivity contribution is -0.163.